The van der Waals surface area contributed by atoms with Gasteiger partial charge in [0.2, 0.25) is 6.29 Å². The average Bonchev–Trinajstić information content (AvgIpc) is 3.18. The summed E-state index contributed by atoms with van der Waals surface area (Å²) in [6, 6.07) is 6.62. The number of esters is 3. The van der Waals surface area contributed by atoms with Crippen molar-refractivity contribution in [2.24, 2.45) is 0 Å². The molecule has 0 spiro atoms. The predicted octanol–water partition coefficient (Wildman–Crippen LogP) is 1.72. The van der Waals surface area contributed by atoms with Gasteiger partial charge in [-0.2, -0.15) is 0 Å². The van der Waals surface area contributed by atoms with Crippen molar-refractivity contribution in [3.05, 3.63) is 46.5 Å². The van der Waals surface area contributed by atoms with Crippen molar-refractivity contribution in [3.63, 3.8) is 0 Å². The molecule has 3 heterocycles. The molecule has 2 atom stereocenters. The van der Waals surface area contributed by atoms with E-state index >= 15 is 0 Å². The Labute approximate surface area is 117 Å². The van der Waals surface area contributed by atoms with E-state index in [0.29, 0.717) is 10.9 Å². The summed E-state index contributed by atoms with van der Waals surface area (Å²) in [6.07, 6.45) is -0.729. The SMILES string of the molecule is O=C1OC(=O)c2cc3cc4c(cc3cc21)C(=O)OC1OC41. The quantitative estimate of drug-likeness (QED) is 0.415. The fourth-order valence-electron chi connectivity index (χ4n) is 2.89. The topological polar surface area (TPSA) is 82.2 Å². The molecule has 0 saturated carbocycles. The van der Waals surface area contributed by atoms with E-state index < -0.39 is 24.2 Å². The molecule has 0 radical (unpaired) electrons. The molecule has 3 aliphatic heterocycles. The van der Waals surface area contributed by atoms with Crippen molar-refractivity contribution in [1.29, 1.82) is 0 Å². The first-order valence-corrected chi connectivity index (χ1v) is 6.36. The third-order valence-corrected chi connectivity index (χ3v) is 3.97. The summed E-state index contributed by atoms with van der Waals surface area (Å²) in [7, 11) is 0. The number of carbonyl (C=O) groups excluding carboxylic acids is 3. The number of ether oxygens (including phenoxy) is 3. The van der Waals surface area contributed by atoms with E-state index in [1.807, 2.05) is 0 Å². The van der Waals surface area contributed by atoms with Gasteiger partial charge in [0.25, 0.3) is 0 Å². The minimum atomic E-state index is -0.664. The van der Waals surface area contributed by atoms with Crippen LogP contribution in [0.3, 0.4) is 0 Å². The molecule has 3 aliphatic rings. The van der Waals surface area contributed by atoms with E-state index in [4.69, 9.17) is 9.47 Å². The van der Waals surface area contributed by atoms with Gasteiger partial charge in [-0.15, -0.1) is 0 Å². The van der Waals surface area contributed by atoms with Crippen LogP contribution in [0.4, 0.5) is 0 Å². The van der Waals surface area contributed by atoms with Crippen LogP contribution in [0.5, 0.6) is 0 Å². The van der Waals surface area contributed by atoms with E-state index in [2.05, 4.69) is 4.74 Å². The molecule has 6 heteroatoms. The molecule has 2 aromatic carbocycles. The first kappa shape index (κ1) is 11.0. The fourth-order valence-corrected chi connectivity index (χ4v) is 2.89. The molecule has 2 aromatic rings. The minimum absolute atomic E-state index is 0.220. The van der Waals surface area contributed by atoms with Gasteiger partial charge in [-0.1, -0.05) is 0 Å². The summed E-state index contributed by atoms with van der Waals surface area (Å²) >= 11 is 0. The molecule has 0 bridgehead atoms. The van der Waals surface area contributed by atoms with Gasteiger partial charge in [0, 0.05) is 5.56 Å². The number of benzene rings is 2. The monoisotopic (exact) mass is 282 g/mol. The largest absolute Gasteiger partial charge is 0.429 e. The van der Waals surface area contributed by atoms with Crippen molar-refractivity contribution >= 4 is 28.7 Å². The number of epoxide rings is 1. The third-order valence-electron chi connectivity index (χ3n) is 3.97. The van der Waals surface area contributed by atoms with Crippen LogP contribution < -0.4 is 0 Å². The highest BCUT2D eigenvalue weighted by molar-refractivity contribution is 6.17. The van der Waals surface area contributed by atoms with Crippen LogP contribution in [0.1, 0.15) is 42.7 Å². The molecule has 0 aliphatic carbocycles. The molecule has 5 rings (SSSR count). The van der Waals surface area contributed by atoms with Crippen molar-refractivity contribution in [2.45, 2.75) is 12.4 Å². The van der Waals surface area contributed by atoms with Gasteiger partial charge in [-0.05, 0) is 35.0 Å². The normalized spacial score (nSPS) is 25.0. The highest BCUT2D eigenvalue weighted by Gasteiger charge is 2.50. The second-order valence-corrected chi connectivity index (χ2v) is 5.19. The Hall–Kier alpha value is -2.73. The lowest BCUT2D eigenvalue weighted by Crippen LogP contribution is -2.16. The lowest BCUT2D eigenvalue weighted by atomic mass is 9.94. The van der Waals surface area contributed by atoms with Crippen molar-refractivity contribution < 1.29 is 28.6 Å². The standard InChI is InChI=1S/C15H6O6/c16-12-9-3-5-1-7-8(14(18)21-15-11(7)19-15)2-6(5)4-10(9)13(17)20-12/h1-4,11,15H. The third kappa shape index (κ3) is 1.32. The van der Waals surface area contributed by atoms with Crippen LogP contribution in [0.15, 0.2) is 24.3 Å². The Bertz CT molecular complexity index is 897. The van der Waals surface area contributed by atoms with Crippen LogP contribution in [0, 0.1) is 0 Å². The summed E-state index contributed by atoms with van der Waals surface area (Å²) < 4.78 is 14.9. The molecular formula is C15H6O6. The molecule has 102 valence electrons. The highest BCUT2D eigenvalue weighted by atomic mass is 16.8. The zero-order valence-corrected chi connectivity index (χ0v) is 10.4. The van der Waals surface area contributed by atoms with E-state index in [0.717, 1.165) is 10.9 Å². The molecule has 0 amide bonds. The zero-order chi connectivity index (χ0) is 14.3. The lowest BCUT2D eigenvalue weighted by molar-refractivity contribution is 0.0290. The number of hydrogen-bond acceptors (Lipinski definition) is 6. The highest BCUT2D eigenvalue weighted by Crippen LogP contribution is 2.46. The van der Waals surface area contributed by atoms with Crippen LogP contribution >= 0.6 is 0 Å². The first-order chi connectivity index (χ1) is 10.1. The number of cyclic esters (lactones) is 2. The molecule has 0 aromatic heterocycles. The van der Waals surface area contributed by atoms with Gasteiger partial charge in [0.05, 0.1) is 16.7 Å². The Morgan fingerprint density at radius 2 is 1.38 bits per heavy atom. The number of carbonyl (C=O) groups is 3. The van der Waals surface area contributed by atoms with Crippen LogP contribution in [0.25, 0.3) is 10.8 Å². The predicted molar refractivity (Wildman–Crippen MR) is 66.7 cm³/mol. The van der Waals surface area contributed by atoms with Gasteiger partial charge < -0.3 is 14.2 Å². The molecular weight excluding hydrogens is 276 g/mol. The van der Waals surface area contributed by atoms with Crippen LogP contribution in [-0.4, -0.2) is 24.2 Å². The number of rotatable bonds is 0. The molecule has 1 fully saturated rings. The maximum absolute atomic E-state index is 11.9. The van der Waals surface area contributed by atoms with E-state index in [9.17, 15) is 14.4 Å². The van der Waals surface area contributed by atoms with Crippen molar-refractivity contribution in [2.75, 3.05) is 0 Å². The minimum Gasteiger partial charge on any atom is -0.429 e. The van der Waals surface area contributed by atoms with Crippen molar-refractivity contribution in [1.82, 2.24) is 0 Å². The van der Waals surface area contributed by atoms with Gasteiger partial charge in [-0.3, -0.25) is 0 Å². The summed E-state index contributed by atoms with van der Waals surface area (Å²) in [4.78, 5) is 35.0. The van der Waals surface area contributed by atoms with E-state index in [1.165, 1.54) is 0 Å². The van der Waals surface area contributed by atoms with Gasteiger partial charge in [0.1, 0.15) is 0 Å². The second-order valence-electron chi connectivity index (χ2n) is 5.19. The zero-order valence-electron chi connectivity index (χ0n) is 10.4. The summed E-state index contributed by atoms with van der Waals surface area (Å²) in [5.41, 5.74) is 1.65. The van der Waals surface area contributed by atoms with Gasteiger partial charge in [-0.25, -0.2) is 14.4 Å². The lowest BCUT2D eigenvalue weighted by Gasteiger charge is -2.13. The average molecular weight is 282 g/mol. The Balaban J connectivity index is 1.82. The molecule has 1 saturated heterocycles. The first-order valence-electron chi connectivity index (χ1n) is 6.36. The summed E-state index contributed by atoms with van der Waals surface area (Å²) in [5, 5.41) is 1.43. The maximum atomic E-state index is 11.9. The van der Waals surface area contributed by atoms with Gasteiger partial charge in [0.15, 0.2) is 6.10 Å². The van der Waals surface area contributed by atoms with E-state index in [1.54, 1.807) is 24.3 Å². The fraction of sp³-hybridized carbons (Fsp3) is 0.133. The maximum Gasteiger partial charge on any atom is 0.346 e. The molecule has 21 heavy (non-hydrogen) atoms. The van der Waals surface area contributed by atoms with Crippen molar-refractivity contribution in [3.8, 4) is 0 Å². The molecule has 6 nitrogen and oxygen atoms in total. The number of hydrogen-bond donors (Lipinski definition) is 0. The smallest absolute Gasteiger partial charge is 0.346 e. The number of fused-ring (bicyclic) bond motifs is 5. The van der Waals surface area contributed by atoms with Crippen LogP contribution in [-0.2, 0) is 14.2 Å². The Morgan fingerprint density at radius 3 is 2.10 bits per heavy atom. The van der Waals surface area contributed by atoms with Crippen LogP contribution in [0.2, 0.25) is 0 Å². The van der Waals surface area contributed by atoms with Gasteiger partial charge >= 0.3 is 17.9 Å². The molecule has 0 N–H and O–H groups in total. The van der Waals surface area contributed by atoms with E-state index in [-0.39, 0.29) is 17.2 Å². The Kier molecular flexibility index (Phi) is 1.72. The second kappa shape index (κ2) is 3.29. The summed E-state index contributed by atoms with van der Waals surface area (Å²) in [6.45, 7) is 0. The Morgan fingerprint density at radius 1 is 0.762 bits per heavy atom. The summed E-state index contributed by atoms with van der Waals surface area (Å²) in [5.74, 6) is -1.75. The molecule has 2 unspecified atom stereocenters.